The molecule has 1 rings (SSSR count). The van der Waals surface area contributed by atoms with E-state index >= 15 is 0 Å². The average Bonchev–Trinajstić information content (AvgIpc) is 2.27. The first-order chi connectivity index (χ1) is 8.01. The maximum atomic E-state index is 11.8. The molecule has 0 bridgehead atoms. The van der Waals surface area contributed by atoms with Gasteiger partial charge < -0.3 is 10.2 Å². The molecule has 0 unspecified atom stereocenters. The van der Waals surface area contributed by atoms with Crippen molar-refractivity contribution in [1.29, 1.82) is 0 Å². The topological polar surface area (TPSA) is 83.8 Å². The zero-order chi connectivity index (χ0) is 12.9. The van der Waals surface area contributed by atoms with Crippen molar-refractivity contribution in [2.24, 2.45) is 0 Å². The fraction of sp³-hybridized carbons (Fsp3) is 0.455. The van der Waals surface area contributed by atoms with Gasteiger partial charge in [-0.15, -0.1) is 0 Å². The van der Waals surface area contributed by atoms with Crippen LogP contribution in [0.15, 0.2) is 23.1 Å². The number of aliphatic hydroxyl groups excluding tert-OH is 2. The van der Waals surface area contributed by atoms with Crippen LogP contribution in [0.1, 0.15) is 11.1 Å². The molecule has 0 aliphatic carbocycles. The Balaban J connectivity index is 3.11. The Morgan fingerprint density at radius 2 is 1.94 bits per heavy atom. The first kappa shape index (κ1) is 14.1. The van der Waals surface area contributed by atoms with Gasteiger partial charge in [-0.05, 0) is 25.0 Å². The van der Waals surface area contributed by atoms with E-state index in [0.29, 0.717) is 5.56 Å². The van der Waals surface area contributed by atoms with Crippen LogP contribution in [0.5, 0.6) is 0 Å². The summed E-state index contributed by atoms with van der Waals surface area (Å²) in [5, 5.41) is 17.5. The van der Waals surface area contributed by atoms with Gasteiger partial charge in [0, 0.05) is 6.61 Å². The van der Waals surface area contributed by atoms with Gasteiger partial charge in [-0.25, -0.2) is 0 Å². The molecule has 0 spiro atoms. The largest absolute Gasteiger partial charge is 0.396 e. The zero-order valence-corrected chi connectivity index (χ0v) is 10.4. The fourth-order valence-corrected chi connectivity index (χ4v) is 2.62. The van der Waals surface area contributed by atoms with Gasteiger partial charge in [0.15, 0.2) is 0 Å². The molecule has 6 heteroatoms. The molecule has 0 radical (unpaired) electrons. The molecule has 0 aromatic heterocycles. The third-order valence-corrected chi connectivity index (χ3v) is 3.61. The normalized spacial score (nSPS) is 11.7. The summed E-state index contributed by atoms with van der Waals surface area (Å²) < 4.78 is 28.2. The second kappa shape index (κ2) is 6.11. The maximum absolute atomic E-state index is 11.8. The van der Waals surface area contributed by atoms with Crippen LogP contribution in [0.25, 0.3) is 0 Å². The summed E-state index contributed by atoms with van der Waals surface area (Å²) in [6.45, 7) is 1.08. The molecule has 96 valence electrons. The van der Waals surface area contributed by atoms with Crippen LogP contribution in [-0.2, 0) is 20.7 Å². The molecule has 0 fully saturated rings. The van der Waals surface area contributed by atoms with Gasteiger partial charge in [-0.2, -0.15) is 8.42 Å². The lowest BCUT2D eigenvalue weighted by molar-refractivity contribution is 0.205. The van der Waals surface area contributed by atoms with Gasteiger partial charge in [0.1, 0.15) is 0 Å². The van der Waals surface area contributed by atoms with Crippen LogP contribution in [0.2, 0.25) is 0 Å². The molecule has 0 saturated carbocycles. The Labute approximate surface area is 101 Å². The molecule has 0 aliphatic heterocycles. The first-order valence-corrected chi connectivity index (χ1v) is 6.63. The zero-order valence-electron chi connectivity index (χ0n) is 9.59. The van der Waals surface area contributed by atoms with Gasteiger partial charge in [0.2, 0.25) is 0 Å². The van der Waals surface area contributed by atoms with Crippen LogP contribution >= 0.6 is 0 Å². The van der Waals surface area contributed by atoms with Crippen molar-refractivity contribution in [3.8, 4) is 0 Å². The first-order valence-electron chi connectivity index (χ1n) is 5.22. The maximum Gasteiger partial charge on any atom is 0.297 e. The standard InChI is InChI=1S/C11H16O5S/c1-9-2-3-11(10(8-9)4-5-12)17(14,15)16-7-6-13/h2-3,8,12-13H,4-7H2,1H3. The summed E-state index contributed by atoms with van der Waals surface area (Å²) in [5.74, 6) is 0. The van der Waals surface area contributed by atoms with Crippen LogP contribution in [0.4, 0.5) is 0 Å². The highest BCUT2D eigenvalue weighted by atomic mass is 32.2. The summed E-state index contributed by atoms with van der Waals surface area (Å²) in [6.07, 6.45) is 0.249. The Morgan fingerprint density at radius 1 is 1.24 bits per heavy atom. The molecular formula is C11H16O5S. The molecule has 0 amide bonds. The van der Waals surface area contributed by atoms with Gasteiger partial charge >= 0.3 is 0 Å². The van der Waals surface area contributed by atoms with Gasteiger partial charge in [0.25, 0.3) is 10.1 Å². The number of aryl methyl sites for hydroxylation is 1. The summed E-state index contributed by atoms with van der Waals surface area (Å²) in [6, 6.07) is 4.81. The number of aliphatic hydroxyl groups is 2. The highest BCUT2D eigenvalue weighted by Crippen LogP contribution is 2.20. The molecule has 1 aromatic carbocycles. The van der Waals surface area contributed by atoms with E-state index in [1.165, 1.54) is 6.07 Å². The SMILES string of the molecule is Cc1ccc(S(=O)(=O)OCCO)c(CCO)c1. The van der Waals surface area contributed by atoms with Crippen LogP contribution in [0, 0.1) is 6.92 Å². The predicted molar refractivity (Wildman–Crippen MR) is 62.2 cm³/mol. The minimum Gasteiger partial charge on any atom is -0.396 e. The van der Waals surface area contributed by atoms with Gasteiger partial charge in [0.05, 0.1) is 18.1 Å². The van der Waals surface area contributed by atoms with Gasteiger partial charge in [-0.3, -0.25) is 4.18 Å². The molecule has 5 nitrogen and oxygen atoms in total. The molecule has 0 saturated heterocycles. The number of rotatable bonds is 6. The third-order valence-electron chi connectivity index (χ3n) is 2.20. The van der Waals surface area contributed by atoms with Crippen molar-refractivity contribution < 1.29 is 22.8 Å². The minimum atomic E-state index is -3.86. The fourth-order valence-electron chi connectivity index (χ4n) is 1.48. The molecule has 0 aliphatic rings. The summed E-state index contributed by atoms with van der Waals surface area (Å²) in [5.41, 5.74) is 1.43. The van der Waals surface area contributed by atoms with E-state index in [9.17, 15) is 8.42 Å². The quantitative estimate of drug-likeness (QED) is 0.715. The lowest BCUT2D eigenvalue weighted by Crippen LogP contribution is -2.12. The Morgan fingerprint density at radius 3 is 2.53 bits per heavy atom. The Bertz CT molecular complexity index is 467. The van der Waals surface area contributed by atoms with Crippen molar-refractivity contribution in [3.05, 3.63) is 29.3 Å². The Kier molecular flexibility index (Phi) is 5.07. The van der Waals surface area contributed by atoms with Crippen molar-refractivity contribution in [1.82, 2.24) is 0 Å². The van der Waals surface area contributed by atoms with E-state index in [4.69, 9.17) is 10.2 Å². The van der Waals surface area contributed by atoms with E-state index in [1.54, 1.807) is 12.1 Å². The molecule has 0 heterocycles. The van der Waals surface area contributed by atoms with Crippen molar-refractivity contribution in [3.63, 3.8) is 0 Å². The van der Waals surface area contributed by atoms with Crippen molar-refractivity contribution >= 4 is 10.1 Å². The number of hydrogen-bond donors (Lipinski definition) is 2. The van der Waals surface area contributed by atoms with E-state index in [0.717, 1.165) is 5.56 Å². The molecular weight excluding hydrogens is 244 g/mol. The van der Waals surface area contributed by atoms with Crippen molar-refractivity contribution in [2.45, 2.75) is 18.2 Å². The minimum absolute atomic E-state index is 0.0469. The number of benzene rings is 1. The van der Waals surface area contributed by atoms with Crippen LogP contribution < -0.4 is 0 Å². The summed E-state index contributed by atoms with van der Waals surface area (Å²) >= 11 is 0. The molecule has 17 heavy (non-hydrogen) atoms. The van der Waals surface area contributed by atoms with Gasteiger partial charge in [-0.1, -0.05) is 17.7 Å². The third kappa shape index (κ3) is 3.78. The second-order valence-electron chi connectivity index (χ2n) is 3.58. The van der Waals surface area contributed by atoms with E-state index < -0.39 is 10.1 Å². The number of hydrogen-bond acceptors (Lipinski definition) is 5. The highest BCUT2D eigenvalue weighted by Gasteiger charge is 2.19. The second-order valence-corrected chi connectivity index (χ2v) is 5.17. The summed E-state index contributed by atoms with van der Waals surface area (Å²) in [7, 11) is -3.86. The predicted octanol–water partition coefficient (Wildman–Crippen LogP) is 0.227. The molecule has 1 aromatic rings. The van der Waals surface area contributed by atoms with Crippen LogP contribution in [0.3, 0.4) is 0 Å². The monoisotopic (exact) mass is 260 g/mol. The van der Waals surface area contributed by atoms with E-state index in [-0.39, 0.29) is 31.1 Å². The van der Waals surface area contributed by atoms with Crippen LogP contribution in [-0.4, -0.2) is 38.5 Å². The Hall–Kier alpha value is -0.950. The average molecular weight is 260 g/mol. The smallest absolute Gasteiger partial charge is 0.297 e. The molecule has 2 N–H and O–H groups in total. The summed E-state index contributed by atoms with van der Waals surface area (Å²) in [4.78, 5) is 0.0469. The highest BCUT2D eigenvalue weighted by molar-refractivity contribution is 7.86. The lowest BCUT2D eigenvalue weighted by atomic mass is 10.1. The molecule has 0 atom stereocenters. The van der Waals surface area contributed by atoms with E-state index in [2.05, 4.69) is 4.18 Å². The van der Waals surface area contributed by atoms with Crippen molar-refractivity contribution in [2.75, 3.05) is 19.8 Å². The van der Waals surface area contributed by atoms with E-state index in [1.807, 2.05) is 6.92 Å². The lowest BCUT2D eigenvalue weighted by Gasteiger charge is -2.10.